The molecule has 0 aliphatic carbocycles. The molecule has 0 saturated carbocycles. The number of ketones is 1. The van der Waals surface area contributed by atoms with Gasteiger partial charge in [-0.3, -0.25) is 4.79 Å². The summed E-state index contributed by atoms with van der Waals surface area (Å²) in [6, 6.07) is 3.83. The van der Waals surface area contributed by atoms with Gasteiger partial charge >= 0.3 is 6.18 Å². The number of alkyl halides is 3. The Morgan fingerprint density at radius 3 is 2.72 bits per heavy atom. The Balaban J connectivity index is 2.18. The lowest BCUT2D eigenvalue weighted by Crippen LogP contribution is -2.23. The summed E-state index contributed by atoms with van der Waals surface area (Å²) in [5.74, 6) is 0.263. The van der Waals surface area contributed by atoms with Crippen LogP contribution < -0.4 is 4.90 Å². The lowest BCUT2D eigenvalue weighted by molar-refractivity contribution is -0.141. The fourth-order valence-electron chi connectivity index (χ4n) is 2.06. The molecule has 0 amide bonds. The van der Waals surface area contributed by atoms with Crippen molar-refractivity contribution in [2.24, 2.45) is 5.92 Å². The van der Waals surface area contributed by atoms with Crippen LogP contribution in [0.2, 0.25) is 0 Å². The molecule has 1 aromatic heterocycles. The van der Waals surface area contributed by atoms with E-state index in [9.17, 15) is 18.0 Å². The number of hydrogen-bond acceptors (Lipinski definition) is 3. The Kier molecular flexibility index (Phi) is 3.28. The molecule has 2 heterocycles. The van der Waals surface area contributed by atoms with Gasteiger partial charge in [-0.15, -0.1) is 0 Å². The minimum absolute atomic E-state index is 0.0736. The largest absolute Gasteiger partial charge is 0.433 e. The molecule has 0 unspecified atom stereocenters. The number of hydrogen-bond donors (Lipinski definition) is 0. The molecule has 98 valence electrons. The molecule has 6 heteroatoms. The van der Waals surface area contributed by atoms with Gasteiger partial charge in [-0.2, -0.15) is 13.2 Å². The molecular weight excluding hydrogens is 245 g/mol. The quantitative estimate of drug-likeness (QED) is 0.817. The Bertz CT molecular complexity index is 459. The third-order valence-corrected chi connectivity index (χ3v) is 3.11. The number of nitrogens with zero attached hydrogens (tertiary/aromatic N) is 2. The van der Waals surface area contributed by atoms with Crippen LogP contribution >= 0.6 is 0 Å². The second kappa shape index (κ2) is 4.59. The first-order valence-corrected chi connectivity index (χ1v) is 5.67. The number of anilines is 1. The molecule has 1 atom stereocenters. The van der Waals surface area contributed by atoms with Crippen LogP contribution in [0.15, 0.2) is 18.2 Å². The average molecular weight is 258 g/mol. The second-order valence-corrected chi connectivity index (χ2v) is 4.42. The monoisotopic (exact) mass is 258 g/mol. The summed E-state index contributed by atoms with van der Waals surface area (Å²) in [6.07, 6.45) is -3.76. The van der Waals surface area contributed by atoms with Crippen LogP contribution in [-0.4, -0.2) is 23.9 Å². The van der Waals surface area contributed by atoms with Crippen molar-refractivity contribution in [2.45, 2.75) is 19.5 Å². The van der Waals surface area contributed by atoms with Crippen molar-refractivity contribution >= 4 is 11.6 Å². The molecule has 1 saturated heterocycles. The minimum Gasteiger partial charge on any atom is -0.356 e. The highest BCUT2D eigenvalue weighted by Gasteiger charge is 2.33. The Morgan fingerprint density at radius 1 is 1.44 bits per heavy atom. The molecule has 1 aliphatic heterocycles. The van der Waals surface area contributed by atoms with Crippen molar-refractivity contribution in [1.29, 1.82) is 0 Å². The van der Waals surface area contributed by atoms with Crippen LogP contribution in [0.1, 0.15) is 19.0 Å². The number of halogens is 3. The van der Waals surface area contributed by atoms with Crippen molar-refractivity contribution in [1.82, 2.24) is 4.98 Å². The van der Waals surface area contributed by atoms with Gasteiger partial charge in [-0.05, 0) is 25.5 Å². The number of aromatic nitrogens is 1. The van der Waals surface area contributed by atoms with Crippen LogP contribution in [0.5, 0.6) is 0 Å². The van der Waals surface area contributed by atoms with E-state index in [1.807, 2.05) is 0 Å². The number of pyridine rings is 1. The summed E-state index contributed by atoms with van der Waals surface area (Å²) in [7, 11) is 0. The summed E-state index contributed by atoms with van der Waals surface area (Å²) in [6.45, 7) is 2.52. The van der Waals surface area contributed by atoms with Crippen molar-refractivity contribution in [2.75, 3.05) is 18.0 Å². The summed E-state index contributed by atoms with van der Waals surface area (Å²) < 4.78 is 37.6. The molecule has 0 radical (unpaired) electrons. The first kappa shape index (κ1) is 12.9. The molecule has 0 N–H and O–H groups in total. The molecule has 0 aromatic carbocycles. The van der Waals surface area contributed by atoms with Crippen molar-refractivity contribution in [3.05, 3.63) is 23.9 Å². The molecule has 0 spiro atoms. The molecule has 0 bridgehead atoms. The van der Waals surface area contributed by atoms with Crippen LogP contribution in [0, 0.1) is 5.92 Å². The molecule has 3 nitrogen and oxygen atoms in total. The van der Waals surface area contributed by atoms with E-state index >= 15 is 0 Å². The van der Waals surface area contributed by atoms with Crippen molar-refractivity contribution in [3.63, 3.8) is 0 Å². The Labute approximate surface area is 103 Å². The first-order chi connectivity index (χ1) is 8.38. The standard InChI is InChI=1S/C12H13F3N2O/c1-8(18)9-5-6-17(7-9)11-4-2-3-10(16-11)12(13,14)15/h2-4,9H,5-7H2,1H3/t9-/m1/s1. The van der Waals surface area contributed by atoms with E-state index < -0.39 is 11.9 Å². The predicted molar refractivity (Wildman–Crippen MR) is 60.2 cm³/mol. The molecule has 1 aromatic rings. The smallest absolute Gasteiger partial charge is 0.356 e. The fraction of sp³-hybridized carbons (Fsp3) is 0.500. The number of rotatable bonds is 2. The van der Waals surface area contributed by atoms with Gasteiger partial charge in [0.05, 0.1) is 0 Å². The predicted octanol–water partition coefficient (Wildman–Crippen LogP) is 2.52. The molecule has 2 rings (SSSR count). The summed E-state index contributed by atoms with van der Waals surface area (Å²) in [4.78, 5) is 16.6. The van der Waals surface area contributed by atoms with E-state index in [0.29, 0.717) is 19.5 Å². The maximum atomic E-state index is 12.5. The van der Waals surface area contributed by atoms with E-state index in [-0.39, 0.29) is 17.5 Å². The first-order valence-electron chi connectivity index (χ1n) is 5.67. The molecule has 1 fully saturated rings. The zero-order valence-corrected chi connectivity index (χ0v) is 9.87. The van der Waals surface area contributed by atoms with E-state index in [1.165, 1.54) is 19.1 Å². The maximum absolute atomic E-state index is 12.5. The highest BCUT2D eigenvalue weighted by molar-refractivity contribution is 5.79. The fourth-order valence-corrected chi connectivity index (χ4v) is 2.06. The third-order valence-electron chi connectivity index (χ3n) is 3.11. The number of carbonyl (C=O) groups is 1. The van der Waals surface area contributed by atoms with Crippen molar-refractivity contribution < 1.29 is 18.0 Å². The maximum Gasteiger partial charge on any atom is 0.433 e. The Morgan fingerprint density at radius 2 is 2.17 bits per heavy atom. The van der Waals surface area contributed by atoms with Crippen molar-refractivity contribution in [3.8, 4) is 0 Å². The van der Waals surface area contributed by atoms with E-state index in [4.69, 9.17) is 0 Å². The average Bonchev–Trinajstić information content (AvgIpc) is 2.77. The molecule has 1 aliphatic rings. The van der Waals surface area contributed by atoms with Gasteiger partial charge in [0.1, 0.15) is 17.3 Å². The van der Waals surface area contributed by atoms with E-state index in [1.54, 1.807) is 4.90 Å². The van der Waals surface area contributed by atoms with Gasteiger partial charge in [0.25, 0.3) is 0 Å². The molecular formula is C12H13F3N2O. The van der Waals surface area contributed by atoms with Gasteiger partial charge in [0, 0.05) is 19.0 Å². The third kappa shape index (κ3) is 2.63. The summed E-state index contributed by atoms with van der Waals surface area (Å²) in [5.41, 5.74) is -0.897. The summed E-state index contributed by atoms with van der Waals surface area (Å²) >= 11 is 0. The van der Waals surface area contributed by atoms with Gasteiger partial charge in [-0.1, -0.05) is 6.07 Å². The molecule has 18 heavy (non-hydrogen) atoms. The zero-order valence-electron chi connectivity index (χ0n) is 9.87. The van der Waals surface area contributed by atoms with Gasteiger partial charge in [0.15, 0.2) is 0 Å². The summed E-state index contributed by atoms with van der Waals surface area (Å²) in [5, 5.41) is 0. The van der Waals surface area contributed by atoms with Crippen LogP contribution in [0.25, 0.3) is 0 Å². The lowest BCUT2D eigenvalue weighted by Gasteiger charge is -2.18. The van der Waals surface area contributed by atoms with Crippen LogP contribution in [-0.2, 0) is 11.0 Å². The van der Waals surface area contributed by atoms with Gasteiger partial charge in [-0.25, -0.2) is 4.98 Å². The van der Waals surface area contributed by atoms with Gasteiger partial charge < -0.3 is 4.90 Å². The topological polar surface area (TPSA) is 33.2 Å². The zero-order chi connectivity index (χ0) is 13.3. The number of Topliss-reactive ketones (excluding diaryl/α,β-unsaturated/α-hetero) is 1. The Hall–Kier alpha value is -1.59. The van der Waals surface area contributed by atoms with Gasteiger partial charge in [0.2, 0.25) is 0 Å². The SMILES string of the molecule is CC(=O)[C@@H]1CCN(c2cccc(C(F)(F)F)n2)C1. The lowest BCUT2D eigenvalue weighted by atomic mass is 10.1. The van der Waals surface area contributed by atoms with E-state index in [2.05, 4.69) is 4.98 Å². The normalized spacial score (nSPS) is 20.2. The second-order valence-electron chi connectivity index (χ2n) is 4.42. The highest BCUT2D eigenvalue weighted by atomic mass is 19.4. The van der Waals surface area contributed by atoms with E-state index in [0.717, 1.165) is 6.07 Å². The minimum atomic E-state index is -4.43. The highest BCUT2D eigenvalue weighted by Crippen LogP contribution is 2.30. The van der Waals surface area contributed by atoms with Crippen LogP contribution in [0.3, 0.4) is 0 Å². The number of carbonyl (C=O) groups excluding carboxylic acids is 1. The van der Waals surface area contributed by atoms with Crippen LogP contribution in [0.4, 0.5) is 19.0 Å².